The SMILES string of the molecule is C=CC1=C(C(=O)O)N2C(=O)C(NC(=O)/C(=N\OCP(=O)(O)O)c3csc(N)n3)[C@H]2SC1. The van der Waals surface area contributed by atoms with E-state index in [1.807, 2.05) is 0 Å². The number of β-lactam (4-membered cyclic amide) rings is 1. The Labute approximate surface area is 182 Å². The molecule has 166 valence electrons. The molecule has 2 amide bonds. The number of rotatable bonds is 8. The first kappa shape index (κ1) is 23.0. The summed E-state index contributed by atoms with van der Waals surface area (Å²) in [5, 5.41) is 16.1. The van der Waals surface area contributed by atoms with Gasteiger partial charge in [0.05, 0.1) is 0 Å². The van der Waals surface area contributed by atoms with Gasteiger partial charge in [0.1, 0.15) is 22.8 Å². The molecule has 1 unspecified atom stereocenters. The predicted molar refractivity (Wildman–Crippen MR) is 111 cm³/mol. The van der Waals surface area contributed by atoms with Crippen molar-refractivity contribution in [2.45, 2.75) is 11.4 Å². The molecule has 31 heavy (non-hydrogen) atoms. The van der Waals surface area contributed by atoms with Crippen molar-refractivity contribution in [3.05, 3.63) is 35.0 Å². The highest BCUT2D eigenvalue weighted by Crippen LogP contribution is 2.40. The fraction of sp³-hybridized carbons (Fsp3) is 0.267. The van der Waals surface area contributed by atoms with Crippen molar-refractivity contribution in [2.75, 3.05) is 17.8 Å². The molecule has 0 aromatic carbocycles. The summed E-state index contributed by atoms with van der Waals surface area (Å²) in [6, 6.07) is -1.05. The Hall–Kier alpha value is -2.71. The molecule has 3 rings (SSSR count). The van der Waals surface area contributed by atoms with Gasteiger partial charge in [-0.15, -0.1) is 23.1 Å². The molecule has 16 heteroatoms. The monoisotopic (exact) mass is 489 g/mol. The molecule has 3 heterocycles. The van der Waals surface area contributed by atoms with E-state index in [4.69, 9.17) is 15.5 Å². The molecule has 13 nitrogen and oxygen atoms in total. The Kier molecular flexibility index (Phi) is 6.52. The number of nitrogens with one attached hydrogen (secondary N) is 1. The Balaban J connectivity index is 1.80. The van der Waals surface area contributed by atoms with Gasteiger partial charge in [0.15, 0.2) is 10.8 Å². The molecule has 1 aromatic rings. The Morgan fingerprint density at radius 2 is 2.23 bits per heavy atom. The number of nitrogens with zero attached hydrogens (tertiary/aromatic N) is 3. The van der Waals surface area contributed by atoms with Gasteiger partial charge in [0.25, 0.3) is 11.8 Å². The average Bonchev–Trinajstić information content (AvgIpc) is 3.12. The van der Waals surface area contributed by atoms with Crippen LogP contribution in [0.2, 0.25) is 0 Å². The van der Waals surface area contributed by atoms with Crippen LogP contribution in [0.1, 0.15) is 5.69 Å². The molecule has 2 aliphatic heterocycles. The van der Waals surface area contributed by atoms with Crippen molar-refractivity contribution in [2.24, 2.45) is 5.16 Å². The molecular formula is C15H16N5O8PS2. The third-order valence-corrected chi connectivity index (χ3v) is 6.52. The zero-order valence-corrected chi connectivity index (χ0v) is 18.0. The van der Waals surface area contributed by atoms with Gasteiger partial charge in [0.2, 0.25) is 6.35 Å². The summed E-state index contributed by atoms with van der Waals surface area (Å²) in [4.78, 5) is 64.2. The third kappa shape index (κ3) is 4.80. The summed E-state index contributed by atoms with van der Waals surface area (Å²) in [5.41, 5.74) is 5.28. The normalized spacial score (nSPS) is 21.3. The predicted octanol–water partition coefficient (Wildman–Crippen LogP) is -0.494. The summed E-state index contributed by atoms with van der Waals surface area (Å²) in [5.74, 6) is -2.56. The Bertz CT molecular complexity index is 1060. The van der Waals surface area contributed by atoms with Crippen LogP contribution in [0, 0.1) is 0 Å². The smallest absolute Gasteiger partial charge is 0.365 e. The van der Waals surface area contributed by atoms with Crippen molar-refractivity contribution in [3.63, 3.8) is 0 Å². The van der Waals surface area contributed by atoms with Crippen LogP contribution in [0.4, 0.5) is 5.13 Å². The molecule has 2 aliphatic rings. The molecule has 0 bridgehead atoms. The van der Waals surface area contributed by atoms with Crippen molar-refractivity contribution < 1.29 is 38.7 Å². The second kappa shape index (κ2) is 8.80. The van der Waals surface area contributed by atoms with E-state index in [1.54, 1.807) is 0 Å². The van der Waals surface area contributed by atoms with Crippen molar-refractivity contribution >= 4 is 59.3 Å². The minimum atomic E-state index is -4.55. The fourth-order valence-corrected chi connectivity index (χ4v) is 4.87. The van der Waals surface area contributed by atoms with E-state index in [2.05, 4.69) is 26.9 Å². The van der Waals surface area contributed by atoms with Crippen LogP contribution in [0.25, 0.3) is 0 Å². The van der Waals surface area contributed by atoms with Crippen LogP contribution >= 0.6 is 30.7 Å². The first-order valence-electron chi connectivity index (χ1n) is 8.33. The number of anilines is 1. The molecule has 1 fully saturated rings. The van der Waals surface area contributed by atoms with Gasteiger partial charge in [-0.2, -0.15) is 0 Å². The highest BCUT2D eigenvalue weighted by molar-refractivity contribution is 8.00. The maximum absolute atomic E-state index is 12.8. The number of carboxylic acids is 1. The first-order chi connectivity index (χ1) is 14.5. The number of carboxylic acid groups (broad SMARTS) is 1. The quantitative estimate of drug-likeness (QED) is 0.136. The van der Waals surface area contributed by atoms with Gasteiger partial charge in [0, 0.05) is 11.1 Å². The average molecular weight is 489 g/mol. The summed E-state index contributed by atoms with van der Waals surface area (Å²) in [6.45, 7) is 3.55. The van der Waals surface area contributed by atoms with Gasteiger partial charge < -0.3 is 30.8 Å². The van der Waals surface area contributed by atoms with Crippen LogP contribution in [0.5, 0.6) is 0 Å². The molecule has 0 saturated carbocycles. The van der Waals surface area contributed by atoms with Gasteiger partial charge in [-0.3, -0.25) is 19.1 Å². The number of allylic oxidation sites excluding steroid dienone is 1. The molecule has 0 radical (unpaired) electrons. The lowest BCUT2D eigenvalue weighted by molar-refractivity contribution is -0.150. The lowest BCUT2D eigenvalue weighted by Crippen LogP contribution is -2.71. The minimum Gasteiger partial charge on any atom is -0.477 e. The molecule has 2 atom stereocenters. The maximum atomic E-state index is 12.8. The van der Waals surface area contributed by atoms with E-state index in [1.165, 1.54) is 23.2 Å². The highest BCUT2D eigenvalue weighted by Gasteiger charge is 2.54. The summed E-state index contributed by atoms with van der Waals surface area (Å²) in [7, 11) is -4.55. The number of carbonyl (C=O) groups is 3. The number of hydrogen-bond donors (Lipinski definition) is 5. The number of hydrogen-bond acceptors (Lipinski definition) is 10. The van der Waals surface area contributed by atoms with Gasteiger partial charge in [-0.1, -0.05) is 17.8 Å². The molecule has 0 spiro atoms. The zero-order chi connectivity index (χ0) is 22.9. The molecule has 0 aliphatic carbocycles. The fourth-order valence-electron chi connectivity index (χ4n) is 2.78. The lowest BCUT2D eigenvalue weighted by Gasteiger charge is -2.49. The van der Waals surface area contributed by atoms with Gasteiger partial charge in [-0.05, 0) is 5.57 Å². The van der Waals surface area contributed by atoms with Gasteiger partial charge in [-0.25, -0.2) is 9.78 Å². The summed E-state index contributed by atoms with van der Waals surface area (Å²) >= 11 is 2.23. The van der Waals surface area contributed by atoms with Crippen molar-refractivity contribution in [3.8, 4) is 0 Å². The summed E-state index contributed by atoms with van der Waals surface area (Å²) < 4.78 is 10.9. The van der Waals surface area contributed by atoms with Crippen LogP contribution in [0.15, 0.2) is 34.5 Å². The van der Waals surface area contributed by atoms with E-state index in [-0.39, 0.29) is 22.3 Å². The van der Waals surface area contributed by atoms with E-state index < -0.39 is 48.9 Å². The van der Waals surface area contributed by atoms with Crippen molar-refractivity contribution in [1.82, 2.24) is 15.2 Å². The Morgan fingerprint density at radius 3 is 2.77 bits per heavy atom. The number of carbonyl (C=O) groups excluding carboxylic acids is 2. The number of fused-ring (bicyclic) bond motifs is 1. The number of thiazole rings is 1. The highest BCUT2D eigenvalue weighted by atomic mass is 32.2. The summed E-state index contributed by atoms with van der Waals surface area (Å²) in [6.07, 6.45) is 0.288. The molecule has 6 N–H and O–H groups in total. The lowest BCUT2D eigenvalue weighted by atomic mass is 10.0. The zero-order valence-electron chi connectivity index (χ0n) is 15.5. The second-order valence-electron chi connectivity index (χ2n) is 6.18. The maximum Gasteiger partial charge on any atom is 0.365 e. The Morgan fingerprint density at radius 1 is 1.52 bits per heavy atom. The number of thioether (sulfide) groups is 1. The number of amides is 2. The van der Waals surface area contributed by atoms with E-state index in [9.17, 15) is 24.1 Å². The second-order valence-corrected chi connectivity index (χ2v) is 9.76. The third-order valence-electron chi connectivity index (χ3n) is 4.09. The topological polar surface area (TPSA) is 205 Å². The minimum absolute atomic E-state index is 0.0225. The number of aliphatic carboxylic acids is 1. The van der Waals surface area contributed by atoms with E-state index in [0.717, 1.165) is 16.2 Å². The molecule has 1 aromatic heterocycles. The molecular weight excluding hydrogens is 473 g/mol. The van der Waals surface area contributed by atoms with Crippen LogP contribution in [0.3, 0.4) is 0 Å². The van der Waals surface area contributed by atoms with E-state index >= 15 is 0 Å². The van der Waals surface area contributed by atoms with Gasteiger partial charge >= 0.3 is 13.6 Å². The number of oxime groups is 1. The molecule has 1 saturated heterocycles. The first-order valence-corrected chi connectivity index (χ1v) is 12.1. The number of nitrogens with two attached hydrogens (primary N) is 1. The van der Waals surface area contributed by atoms with Crippen LogP contribution in [-0.2, 0) is 23.8 Å². The van der Waals surface area contributed by atoms with Crippen LogP contribution < -0.4 is 11.1 Å². The van der Waals surface area contributed by atoms with Crippen molar-refractivity contribution in [1.29, 1.82) is 0 Å². The van der Waals surface area contributed by atoms with E-state index in [0.29, 0.717) is 5.57 Å². The van der Waals surface area contributed by atoms with Crippen LogP contribution in [-0.4, -0.2) is 71.8 Å². The number of aromatic nitrogens is 1. The standard InChI is InChI=1S/C15H16N5O8PS2/c1-2-6-3-30-13-9(12(22)20(13)10(6)14(23)24)18-11(21)8(7-4-31-15(16)17-7)19-28-5-29(25,26)27/h2,4,9,13H,1,3,5H2,(H2,16,17)(H,18,21)(H,23,24)(H2,25,26,27)/b19-8-/t9?,13-/m1/s1. The largest absolute Gasteiger partial charge is 0.477 e. The number of nitrogen functional groups attached to an aromatic ring is 1.